The van der Waals surface area contributed by atoms with Gasteiger partial charge in [0.2, 0.25) is 11.8 Å². The number of benzene rings is 2. The summed E-state index contributed by atoms with van der Waals surface area (Å²) < 4.78 is 0. The number of rotatable bonds is 5. The molecule has 0 saturated heterocycles. The van der Waals surface area contributed by atoms with Gasteiger partial charge in [-0.05, 0) is 55.2 Å². The highest BCUT2D eigenvalue weighted by Gasteiger charge is 2.56. The monoisotopic (exact) mass is 342 g/mol. The fourth-order valence-electron chi connectivity index (χ4n) is 2.62. The molecular formula is C19H19ClN2O2. The van der Waals surface area contributed by atoms with Crippen LogP contribution >= 0.6 is 11.6 Å². The van der Waals surface area contributed by atoms with E-state index in [0.29, 0.717) is 30.1 Å². The standard InChI is InChI=1S/C19H19ClN2O2/c1-13-4-2-3-5-14(13)12-21-17(23)19(10-11-19)18(24)22-16-8-6-15(20)7-9-16/h2-9H,10-12H2,1H3,(H,21,23)(H,22,24). The van der Waals surface area contributed by atoms with Crippen molar-refractivity contribution in [2.24, 2.45) is 5.41 Å². The predicted molar refractivity (Wildman–Crippen MR) is 94.8 cm³/mol. The molecule has 0 atom stereocenters. The average molecular weight is 343 g/mol. The molecule has 1 aliphatic carbocycles. The van der Waals surface area contributed by atoms with Gasteiger partial charge in [0, 0.05) is 17.3 Å². The Balaban J connectivity index is 1.62. The van der Waals surface area contributed by atoms with Gasteiger partial charge in [-0.3, -0.25) is 9.59 Å². The first-order valence-electron chi connectivity index (χ1n) is 7.91. The minimum absolute atomic E-state index is 0.211. The van der Waals surface area contributed by atoms with Gasteiger partial charge in [-0.15, -0.1) is 0 Å². The van der Waals surface area contributed by atoms with Crippen molar-refractivity contribution in [1.82, 2.24) is 5.32 Å². The van der Waals surface area contributed by atoms with E-state index >= 15 is 0 Å². The molecule has 4 nitrogen and oxygen atoms in total. The molecule has 0 heterocycles. The van der Waals surface area contributed by atoms with E-state index in [9.17, 15) is 9.59 Å². The molecule has 0 radical (unpaired) electrons. The van der Waals surface area contributed by atoms with Gasteiger partial charge in [-0.1, -0.05) is 35.9 Å². The van der Waals surface area contributed by atoms with Crippen molar-refractivity contribution in [3.05, 3.63) is 64.7 Å². The van der Waals surface area contributed by atoms with Crippen LogP contribution in [0.1, 0.15) is 24.0 Å². The van der Waals surface area contributed by atoms with Crippen molar-refractivity contribution >= 4 is 29.1 Å². The maximum Gasteiger partial charge on any atom is 0.240 e. The normalized spacial score (nSPS) is 14.8. The van der Waals surface area contributed by atoms with Gasteiger partial charge in [0.05, 0.1) is 0 Å². The zero-order chi connectivity index (χ0) is 17.2. The van der Waals surface area contributed by atoms with Gasteiger partial charge >= 0.3 is 0 Å². The summed E-state index contributed by atoms with van der Waals surface area (Å²) in [5, 5.41) is 6.30. The second-order valence-corrected chi connectivity index (χ2v) is 6.59. The van der Waals surface area contributed by atoms with E-state index in [1.807, 2.05) is 31.2 Å². The van der Waals surface area contributed by atoms with Gasteiger partial charge in [0.1, 0.15) is 5.41 Å². The molecule has 0 bridgehead atoms. The second-order valence-electron chi connectivity index (χ2n) is 6.15. The van der Waals surface area contributed by atoms with Crippen LogP contribution in [-0.4, -0.2) is 11.8 Å². The first-order chi connectivity index (χ1) is 11.5. The first kappa shape index (κ1) is 16.5. The Hall–Kier alpha value is -2.33. The van der Waals surface area contributed by atoms with E-state index in [4.69, 9.17) is 11.6 Å². The van der Waals surface area contributed by atoms with E-state index in [1.165, 1.54) is 0 Å². The molecule has 5 heteroatoms. The lowest BCUT2D eigenvalue weighted by molar-refractivity contribution is -0.134. The summed E-state index contributed by atoms with van der Waals surface area (Å²) in [4.78, 5) is 25.0. The first-order valence-corrected chi connectivity index (χ1v) is 8.29. The predicted octanol–water partition coefficient (Wildman–Crippen LogP) is 3.68. The molecule has 0 spiro atoms. The summed E-state index contributed by atoms with van der Waals surface area (Å²) >= 11 is 5.84. The Morgan fingerprint density at radius 2 is 1.71 bits per heavy atom. The van der Waals surface area contributed by atoms with Crippen molar-refractivity contribution in [3.63, 3.8) is 0 Å². The van der Waals surface area contributed by atoms with Crippen molar-refractivity contribution in [2.45, 2.75) is 26.3 Å². The van der Waals surface area contributed by atoms with Crippen LogP contribution in [0, 0.1) is 12.3 Å². The molecule has 2 aromatic rings. The summed E-state index contributed by atoms with van der Waals surface area (Å²) in [7, 11) is 0. The number of nitrogens with one attached hydrogen (secondary N) is 2. The highest BCUT2D eigenvalue weighted by molar-refractivity contribution is 6.30. The molecule has 0 aromatic heterocycles. The Kier molecular flexibility index (Phi) is 4.58. The molecule has 3 rings (SSSR count). The topological polar surface area (TPSA) is 58.2 Å². The van der Waals surface area contributed by atoms with E-state index < -0.39 is 5.41 Å². The van der Waals surface area contributed by atoms with E-state index in [0.717, 1.165) is 11.1 Å². The Bertz CT molecular complexity index is 767. The van der Waals surface area contributed by atoms with Crippen LogP contribution in [0.5, 0.6) is 0 Å². The third-order valence-electron chi connectivity index (χ3n) is 4.42. The minimum Gasteiger partial charge on any atom is -0.351 e. The minimum atomic E-state index is -0.942. The molecule has 1 saturated carbocycles. The van der Waals surface area contributed by atoms with Crippen LogP contribution < -0.4 is 10.6 Å². The van der Waals surface area contributed by atoms with Gasteiger partial charge in [0.15, 0.2) is 0 Å². The molecule has 24 heavy (non-hydrogen) atoms. The zero-order valence-electron chi connectivity index (χ0n) is 13.4. The SMILES string of the molecule is Cc1ccccc1CNC(=O)C1(C(=O)Nc2ccc(Cl)cc2)CC1. The summed E-state index contributed by atoms with van der Waals surface area (Å²) in [6.45, 7) is 2.43. The van der Waals surface area contributed by atoms with E-state index in [-0.39, 0.29) is 11.8 Å². The van der Waals surface area contributed by atoms with Crippen molar-refractivity contribution in [2.75, 3.05) is 5.32 Å². The fourth-order valence-corrected chi connectivity index (χ4v) is 2.75. The largest absolute Gasteiger partial charge is 0.351 e. The quantitative estimate of drug-likeness (QED) is 0.814. The summed E-state index contributed by atoms with van der Waals surface area (Å²) in [5.74, 6) is -0.468. The number of anilines is 1. The summed E-state index contributed by atoms with van der Waals surface area (Å²) in [6.07, 6.45) is 1.15. The second kappa shape index (κ2) is 6.65. The number of carbonyl (C=O) groups excluding carboxylic acids is 2. The van der Waals surface area contributed by atoms with Gasteiger partial charge in [0.25, 0.3) is 0 Å². The maximum atomic E-state index is 12.5. The molecule has 2 aromatic carbocycles. The highest BCUT2D eigenvalue weighted by Crippen LogP contribution is 2.47. The summed E-state index contributed by atoms with van der Waals surface area (Å²) in [5.41, 5.74) is 1.87. The van der Waals surface area contributed by atoms with Crippen LogP contribution in [0.2, 0.25) is 5.02 Å². The maximum absolute atomic E-state index is 12.5. The Morgan fingerprint density at radius 3 is 2.33 bits per heavy atom. The molecule has 0 unspecified atom stereocenters. The van der Waals surface area contributed by atoms with Crippen LogP contribution in [0.4, 0.5) is 5.69 Å². The van der Waals surface area contributed by atoms with Gasteiger partial charge < -0.3 is 10.6 Å². The van der Waals surface area contributed by atoms with Gasteiger partial charge in [-0.25, -0.2) is 0 Å². The highest BCUT2D eigenvalue weighted by atomic mass is 35.5. The molecule has 2 amide bonds. The van der Waals surface area contributed by atoms with Crippen LogP contribution in [-0.2, 0) is 16.1 Å². The Labute approximate surface area is 146 Å². The molecule has 1 aliphatic rings. The fraction of sp³-hybridized carbons (Fsp3) is 0.263. The number of halogens is 1. The molecule has 124 valence electrons. The lowest BCUT2D eigenvalue weighted by Gasteiger charge is -2.16. The number of carbonyl (C=O) groups is 2. The number of hydrogen-bond donors (Lipinski definition) is 2. The van der Waals surface area contributed by atoms with Crippen LogP contribution in [0.15, 0.2) is 48.5 Å². The van der Waals surface area contributed by atoms with Crippen molar-refractivity contribution in [3.8, 4) is 0 Å². The number of amides is 2. The molecule has 0 aliphatic heterocycles. The molecular weight excluding hydrogens is 324 g/mol. The molecule has 1 fully saturated rings. The summed E-state index contributed by atoms with van der Waals surface area (Å²) in [6, 6.07) is 14.7. The number of aryl methyl sites for hydroxylation is 1. The van der Waals surface area contributed by atoms with Crippen molar-refractivity contribution in [1.29, 1.82) is 0 Å². The van der Waals surface area contributed by atoms with Gasteiger partial charge in [-0.2, -0.15) is 0 Å². The number of hydrogen-bond acceptors (Lipinski definition) is 2. The van der Waals surface area contributed by atoms with Crippen LogP contribution in [0.3, 0.4) is 0 Å². The Morgan fingerprint density at radius 1 is 1.04 bits per heavy atom. The lowest BCUT2D eigenvalue weighted by Crippen LogP contribution is -2.39. The van der Waals surface area contributed by atoms with Crippen LogP contribution in [0.25, 0.3) is 0 Å². The van der Waals surface area contributed by atoms with Crippen molar-refractivity contribution < 1.29 is 9.59 Å². The van der Waals surface area contributed by atoms with E-state index in [1.54, 1.807) is 24.3 Å². The third-order valence-corrected chi connectivity index (χ3v) is 4.67. The smallest absolute Gasteiger partial charge is 0.240 e. The van der Waals surface area contributed by atoms with E-state index in [2.05, 4.69) is 10.6 Å². The average Bonchev–Trinajstić information content (AvgIpc) is 3.38. The third kappa shape index (κ3) is 3.44. The lowest BCUT2D eigenvalue weighted by atomic mass is 10.0. The molecule has 2 N–H and O–H groups in total. The zero-order valence-corrected chi connectivity index (χ0v) is 14.2.